The summed E-state index contributed by atoms with van der Waals surface area (Å²) in [6.45, 7) is 0.205. The Kier molecular flexibility index (Phi) is 4.43. The third-order valence-electron chi connectivity index (χ3n) is 2.56. The highest BCUT2D eigenvalue weighted by Gasteiger charge is 2.17. The third kappa shape index (κ3) is 4.37. The van der Waals surface area contributed by atoms with Crippen LogP contribution >= 0.6 is 0 Å². The zero-order chi connectivity index (χ0) is 14.8. The van der Waals surface area contributed by atoms with E-state index in [1.807, 2.05) is 0 Å². The van der Waals surface area contributed by atoms with Gasteiger partial charge in [0, 0.05) is 19.8 Å². The molecule has 0 radical (unpaired) electrons. The maximum atomic E-state index is 11.3. The molecule has 0 bridgehead atoms. The molecule has 1 rings (SSSR count). The van der Waals surface area contributed by atoms with Crippen molar-refractivity contribution in [1.29, 1.82) is 0 Å². The van der Waals surface area contributed by atoms with Crippen LogP contribution in [0.15, 0.2) is 23.1 Å². The average molecular weight is 307 g/mol. The number of anilines is 2. The first-order valence-corrected chi connectivity index (χ1v) is 8.93. The predicted molar refractivity (Wildman–Crippen MR) is 75.2 cm³/mol. The van der Waals surface area contributed by atoms with Crippen molar-refractivity contribution in [3.8, 4) is 0 Å². The van der Waals surface area contributed by atoms with Crippen molar-refractivity contribution >= 4 is 31.2 Å². The number of hydrogen-bond acceptors (Lipinski definition) is 6. The molecule has 1 aromatic carbocycles. The highest BCUT2D eigenvalue weighted by Crippen LogP contribution is 2.28. The van der Waals surface area contributed by atoms with Crippen LogP contribution in [0, 0.1) is 0 Å². The lowest BCUT2D eigenvalue weighted by Crippen LogP contribution is -2.26. The topological polar surface area (TPSA) is 124 Å². The van der Waals surface area contributed by atoms with Gasteiger partial charge in [-0.25, -0.2) is 22.0 Å². The zero-order valence-electron chi connectivity index (χ0n) is 10.7. The van der Waals surface area contributed by atoms with Crippen LogP contribution in [0.25, 0.3) is 0 Å². The molecule has 0 heterocycles. The van der Waals surface area contributed by atoms with Crippen LogP contribution in [0.3, 0.4) is 0 Å². The number of hydrogen-bond donors (Lipinski definition) is 2. The summed E-state index contributed by atoms with van der Waals surface area (Å²) in [5, 5.41) is 5.05. The second-order valence-corrected chi connectivity index (χ2v) is 8.07. The minimum Gasteiger partial charge on any atom is -0.396 e. The summed E-state index contributed by atoms with van der Waals surface area (Å²) >= 11 is 0. The minimum atomic E-state index is -3.90. The molecule has 0 aromatic heterocycles. The van der Waals surface area contributed by atoms with Crippen LogP contribution in [0.1, 0.15) is 0 Å². The van der Waals surface area contributed by atoms with E-state index < -0.39 is 19.9 Å². The summed E-state index contributed by atoms with van der Waals surface area (Å²) in [6.07, 6.45) is 1.13. The fourth-order valence-electron chi connectivity index (χ4n) is 1.54. The predicted octanol–water partition coefficient (Wildman–Crippen LogP) is -0.603. The van der Waals surface area contributed by atoms with Gasteiger partial charge < -0.3 is 10.6 Å². The van der Waals surface area contributed by atoms with Crippen molar-refractivity contribution < 1.29 is 16.8 Å². The molecule has 0 fully saturated rings. The fourth-order valence-corrected chi connectivity index (χ4v) is 2.82. The van der Waals surface area contributed by atoms with E-state index in [1.165, 1.54) is 12.1 Å². The van der Waals surface area contributed by atoms with Crippen molar-refractivity contribution in [2.45, 2.75) is 4.90 Å². The molecule has 19 heavy (non-hydrogen) atoms. The average Bonchev–Trinajstić information content (AvgIpc) is 2.23. The number of nitrogens with zero attached hydrogens (tertiary/aromatic N) is 1. The van der Waals surface area contributed by atoms with Crippen molar-refractivity contribution in [3.63, 3.8) is 0 Å². The lowest BCUT2D eigenvalue weighted by Gasteiger charge is -2.21. The van der Waals surface area contributed by atoms with Gasteiger partial charge in [-0.15, -0.1) is 0 Å². The molecule has 0 aliphatic carbocycles. The summed E-state index contributed by atoms with van der Waals surface area (Å²) in [7, 11) is -5.38. The van der Waals surface area contributed by atoms with Gasteiger partial charge in [0.25, 0.3) is 0 Å². The minimum absolute atomic E-state index is 0.0148. The maximum absolute atomic E-state index is 11.3. The Bertz CT molecular complexity index is 668. The summed E-state index contributed by atoms with van der Waals surface area (Å²) in [6, 6.07) is 4.41. The summed E-state index contributed by atoms with van der Waals surface area (Å²) in [5.74, 6) is -0.0530. The highest BCUT2D eigenvalue weighted by molar-refractivity contribution is 7.90. The molecule has 0 saturated heterocycles. The number of benzene rings is 1. The van der Waals surface area contributed by atoms with Crippen LogP contribution < -0.4 is 15.8 Å². The van der Waals surface area contributed by atoms with Gasteiger partial charge in [-0.2, -0.15) is 0 Å². The molecule has 108 valence electrons. The second kappa shape index (κ2) is 5.35. The van der Waals surface area contributed by atoms with Gasteiger partial charge >= 0.3 is 0 Å². The van der Waals surface area contributed by atoms with E-state index in [1.54, 1.807) is 18.0 Å². The Morgan fingerprint density at radius 1 is 1.21 bits per heavy atom. The Morgan fingerprint density at radius 3 is 2.26 bits per heavy atom. The van der Waals surface area contributed by atoms with Gasteiger partial charge in [-0.3, -0.25) is 0 Å². The number of sulfone groups is 1. The first-order chi connectivity index (χ1) is 8.52. The number of primary sulfonamides is 1. The largest absolute Gasteiger partial charge is 0.396 e. The normalized spacial score (nSPS) is 12.4. The van der Waals surface area contributed by atoms with E-state index in [0.29, 0.717) is 5.69 Å². The zero-order valence-corrected chi connectivity index (χ0v) is 12.3. The van der Waals surface area contributed by atoms with E-state index in [0.717, 1.165) is 6.26 Å². The summed E-state index contributed by atoms with van der Waals surface area (Å²) < 4.78 is 44.9. The first-order valence-electron chi connectivity index (χ1n) is 5.32. The number of sulfonamides is 1. The van der Waals surface area contributed by atoms with Gasteiger partial charge in [0.2, 0.25) is 10.0 Å². The molecule has 0 amide bonds. The van der Waals surface area contributed by atoms with E-state index in [2.05, 4.69) is 0 Å². The fraction of sp³-hybridized carbons (Fsp3) is 0.400. The molecular formula is C10H17N3O4S2. The molecule has 7 nitrogen and oxygen atoms in total. The van der Waals surface area contributed by atoms with Crippen LogP contribution in [0.4, 0.5) is 11.4 Å². The Balaban J connectivity index is 3.09. The van der Waals surface area contributed by atoms with E-state index in [4.69, 9.17) is 10.9 Å². The van der Waals surface area contributed by atoms with Crippen molar-refractivity contribution in [3.05, 3.63) is 18.2 Å². The van der Waals surface area contributed by atoms with Gasteiger partial charge in [-0.05, 0) is 12.1 Å². The van der Waals surface area contributed by atoms with Gasteiger partial charge in [-0.1, -0.05) is 6.07 Å². The summed E-state index contributed by atoms with van der Waals surface area (Å²) in [4.78, 5) is 1.40. The Labute approximate surface area is 113 Å². The third-order valence-corrected chi connectivity index (χ3v) is 4.45. The molecule has 1 aromatic rings. The quantitative estimate of drug-likeness (QED) is 0.700. The van der Waals surface area contributed by atoms with E-state index >= 15 is 0 Å². The molecule has 0 aliphatic rings. The van der Waals surface area contributed by atoms with Gasteiger partial charge in [0.05, 0.1) is 17.1 Å². The lowest BCUT2D eigenvalue weighted by atomic mass is 10.2. The van der Waals surface area contributed by atoms with Crippen LogP contribution in [-0.2, 0) is 19.9 Å². The number of para-hydroxylation sites is 1. The van der Waals surface area contributed by atoms with Crippen LogP contribution in [-0.4, -0.2) is 42.4 Å². The summed E-state index contributed by atoms with van der Waals surface area (Å²) in [5.41, 5.74) is 6.20. The molecule has 4 N–H and O–H groups in total. The highest BCUT2D eigenvalue weighted by atomic mass is 32.2. The molecule has 0 aliphatic heterocycles. The van der Waals surface area contributed by atoms with E-state index in [-0.39, 0.29) is 22.9 Å². The van der Waals surface area contributed by atoms with E-state index in [9.17, 15) is 16.8 Å². The van der Waals surface area contributed by atoms with Crippen LogP contribution in [0.2, 0.25) is 0 Å². The number of rotatable bonds is 5. The van der Waals surface area contributed by atoms with Crippen molar-refractivity contribution in [2.75, 3.05) is 36.2 Å². The second-order valence-electron chi connectivity index (χ2n) is 4.29. The number of nitrogen functional groups attached to an aromatic ring is 1. The van der Waals surface area contributed by atoms with Crippen molar-refractivity contribution in [1.82, 2.24) is 0 Å². The maximum Gasteiger partial charge on any atom is 0.240 e. The SMILES string of the molecule is CN(CCS(C)(=O)=O)c1cccc(S(N)(=O)=O)c1N. The van der Waals surface area contributed by atoms with Gasteiger partial charge in [0.1, 0.15) is 14.7 Å². The monoisotopic (exact) mass is 307 g/mol. The molecule has 0 saturated carbocycles. The van der Waals surface area contributed by atoms with Crippen molar-refractivity contribution in [2.24, 2.45) is 5.14 Å². The molecular weight excluding hydrogens is 290 g/mol. The smallest absolute Gasteiger partial charge is 0.240 e. The molecule has 0 atom stereocenters. The van der Waals surface area contributed by atoms with Gasteiger partial charge in [0.15, 0.2) is 0 Å². The standard InChI is InChI=1S/C10H17N3O4S2/c1-13(6-7-18(2,14)15)8-4-3-5-9(10(8)11)19(12,16)17/h3-5H,6-7,11H2,1-2H3,(H2,12,16,17). The van der Waals surface area contributed by atoms with Crippen LogP contribution in [0.5, 0.6) is 0 Å². The lowest BCUT2D eigenvalue weighted by molar-refractivity contribution is 0.597. The first kappa shape index (κ1) is 15.7. The Hall–Kier alpha value is -1.32. The Morgan fingerprint density at radius 2 is 1.79 bits per heavy atom. The molecule has 0 spiro atoms. The molecule has 0 unspecified atom stereocenters. The molecule has 9 heteroatoms. The number of nitrogens with two attached hydrogens (primary N) is 2.